The zero-order chi connectivity index (χ0) is 11.2. The molecule has 0 saturated carbocycles. The van der Waals surface area contributed by atoms with Crippen LogP contribution in [0.4, 0.5) is 4.79 Å². The SMILES string of the molecule is CCC(CCO)NC(=O)OC(C)(C)C. The van der Waals surface area contributed by atoms with Crippen molar-refractivity contribution in [3.05, 3.63) is 0 Å². The Balaban J connectivity index is 3.91. The summed E-state index contributed by atoms with van der Waals surface area (Å²) in [6, 6.07) is -0.00477. The van der Waals surface area contributed by atoms with Crippen molar-refractivity contribution in [2.45, 2.75) is 52.2 Å². The van der Waals surface area contributed by atoms with Gasteiger partial charge < -0.3 is 15.2 Å². The topological polar surface area (TPSA) is 58.6 Å². The Morgan fingerprint density at radius 1 is 1.50 bits per heavy atom. The maximum atomic E-state index is 11.3. The van der Waals surface area contributed by atoms with Gasteiger partial charge in [-0.05, 0) is 33.6 Å². The van der Waals surface area contributed by atoms with Gasteiger partial charge in [0.15, 0.2) is 0 Å². The smallest absolute Gasteiger partial charge is 0.407 e. The number of ether oxygens (including phenoxy) is 1. The molecule has 4 nitrogen and oxygen atoms in total. The van der Waals surface area contributed by atoms with Crippen LogP contribution in [0.5, 0.6) is 0 Å². The molecule has 0 fully saturated rings. The standard InChI is InChI=1S/C10H21NO3/c1-5-8(6-7-12)11-9(13)14-10(2,3)4/h8,12H,5-7H2,1-4H3,(H,11,13). The first-order valence-corrected chi connectivity index (χ1v) is 4.99. The molecule has 0 heterocycles. The molecule has 0 aliphatic rings. The first-order valence-electron chi connectivity index (χ1n) is 4.99. The molecule has 4 heteroatoms. The predicted octanol–water partition coefficient (Wildman–Crippen LogP) is 1.67. The average molecular weight is 203 g/mol. The monoisotopic (exact) mass is 203 g/mol. The highest BCUT2D eigenvalue weighted by Crippen LogP contribution is 2.07. The number of rotatable bonds is 4. The van der Waals surface area contributed by atoms with Gasteiger partial charge in [-0.1, -0.05) is 6.92 Å². The van der Waals surface area contributed by atoms with Crippen LogP contribution in [0, 0.1) is 0 Å². The van der Waals surface area contributed by atoms with Crippen molar-refractivity contribution in [2.24, 2.45) is 0 Å². The Morgan fingerprint density at radius 3 is 2.43 bits per heavy atom. The van der Waals surface area contributed by atoms with Crippen LogP contribution < -0.4 is 5.32 Å². The molecule has 1 unspecified atom stereocenters. The fourth-order valence-corrected chi connectivity index (χ4v) is 1.01. The molecule has 0 aromatic carbocycles. The number of aliphatic hydroxyl groups is 1. The Labute approximate surface area is 85.6 Å². The third-order valence-electron chi connectivity index (χ3n) is 1.69. The molecule has 0 spiro atoms. The number of hydrogen-bond acceptors (Lipinski definition) is 3. The molecule has 0 rings (SSSR count). The molecular weight excluding hydrogens is 182 g/mol. The van der Waals surface area contributed by atoms with E-state index in [9.17, 15) is 4.79 Å². The second-order valence-corrected chi connectivity index (χ2v) is 4.26. The van der Waals surface area contributed by atoms with Crippen LogP contribution in [0.1, 0.15) is 40.5 Å². The minimum absolute atomic E-state index is 0.00477. The maximum Gasteiger partial charge on any atom is 0.407 e. The van der Waals surface area contributed by atoms with Crippen molar-refractivity contribution in [1.82, 2.24) is 5.32 Å². The fraction of sp³-hybridized carbons (Fsp3) is 0.900. The summed E-state index contributed by atoms with van der Waals surface area (Å²) in [5.74, 6) is 0. The van der Waals surface area contributed by atoms with E-state index in [0.717, 1.165) is 6.42 Å². The van der Waals surface area contributed by atoms with Crippen LogP contribution in [0.2, 0.25) is 0 Å². The second kappa shape index (κ2) is 5.86. The van der Waals surface area contributed by atoms with E-state index in [0.29, 0.717) is 6.42 Å². The molecule has 0 bridgehead atoms. The average Bonchev–Trinajstić information content (AvgIpc) is 2.00. The van der Waals surface area contributed by atoms with Crippen LogP contribution in [0.3, 0.4) is 0 Å². The summed E-state index contributed by atoms with van der Waals surface area (Å²) in [4.78, 5) is 11.3. The minimum atomic E-state index is -0.471. The lowest BCUT2D eigenvalue weighted by Crippen LogP contribution is -2.39. The largest absolute Gasteiger partial charge is 0.444 e. The molecule has 2 N–H and O–H groups in total. The van der Waals surface area contributed by atoms with Crippen molar-refractivity contribution < 1.29 is 14.6 Å². The fourth-order valence-electron chi connectivity index (χ4n) is 1.01. The number of carbonyl (C=O) groups is 1. The lowest BCUT2D eigenvalue weighted by molar-refractivity contribution is 0.0496. The van der Waals surface area contributed by atoms with E-state index < -0.39 is 11.7 Å². The highest BCUT2D eigenvalue weighted by atomic mass is 16.6. The number of nitrogens with one attached hydrogen (secondary N) is 1. The van der Waals surface area contributed by atoms with Gasteiger partial charge in [-0.15, -0.1) is 0 Å². The van der Waals surface area contributed by atoms with Crippen LogP contribution >= 0.6 is 0 Å². The van der Waals surface area contributed by atoms with Crippen molar-refractivity contribution in [1.29, 1.82) is 0 Å². The van der Waals surface area contributed by atoms with Crippen LogP contribution in [-0.4, -0.2) is 29.4 Å². The van der Waals surface area contributed by atoms with E-state index in [2.05, 4.69) is 5.32 Å². The summed E-state index contributed by atoms with van der Waals surface area (Å²) in [5.41, 5.74) is -0.471. The first kappa shape index (κ1) is 13.2. The van der Waals surface area contributed by atoms with Gasteiger partial charge in [0.1, 0.15) is 5.60 Å². The maximum absolute atomic E-state index is 11.3. The molecule has 0 radical (unpaired) electrons. The molecule has 14 heavy (non-hydrogen) atoms. The van der Waals surface area contributed by atoms with Crippen molar-refractivity contribution in [3.63, 3.8) is 0 Å². The van der Waals surface area contributed by atoms with Crippen LogP contribution in [0.25, 0.3) is 0 Å². The molecule has 84 valence electrons. The van der Waals surface area contributed by atoms with Gasteiger partial charge >= 0.3 is 6.09 Å². The summed E-state index contributed by atoms with van der Waals surface area (Å²) in [7, 11) is 0. The summed E-state index contributed by atoms with van der Waals surface area (Å²) in [5, 5.41) is 11.4. The van der Waals surface area contributed by atoms with Crippen molar-refractivity contribution in [2.75, 3.05) is 6.61 Å². The first-order chi connectivity index (χ1) is 6.39. The predicted molar refractivity (Wildman–Crippen MR) is 55.2 cm³/mol. The molecule has 0 aromatic rings. The highest BCUT2D eigenvalue weighted by molar-refractivity contribution is 5.68. The lowest BCUT2D eigenvalue weighted by atomic mass is 10.1. The van der Waals surface area contributed by atoms with E-state index in [1.165, 1.54) is 0 Å². The van der Waals surface area contributed by atoms with E-state index in [4.69, 9.17) is 9.84 Å². The molecule has 0 saturated heterocycles. The third-order valence-corrected chi connectivity index (χ3v) is 1.69. The second-order valence-electron chi connectivity index (χ2n) is 4.26. The Kier molecular flexibility index (Phi) is 5.53. The molecule has 1 amide bonds. The number of aliphatic hydroxyl groups excluding tert-OH is 1. The minimum Gasteiger partial charge on any atom is -0.444 e. The van der Waals surface area contributed by atoms with Gasteiger partial charge in [-0.3, -0.25) is 0 Å². The number of carbonyl (C=O) groups excluding carboxylic acids is 1. The summed E-state index contributed by atoms with van der Waals surface area (Å²) in [6.07, 6.45) is 0.938. The Morgan fingerprint density at radius 2 is 2.07 bits per heavy atom. The van der Waals surface area contributed by atoms with E-state index in [-0.39, 0.29) is 12.6 Å². The van der Waals surface area contributed by atoms with Crippen LogP contribution in [0.15, 0.2) is 0 Å². The Hall–Kier alpha value is -0.770. The zero-order valence-electron chi connectivity index (χ0n) is 9.46. The highest BCUT2D eigenvalue weighted by Gasteiger charge is 2.18. The summed E-state index contributed by atoms with van der Waals surface area (Å²) >= 11 is 0. The molecule has 0 aliphatic carbocycles. The Bertz CT molecular complexity index is 175. The van der Waals surface area contributed by atoms with Gasteiger partial charge in [-0.25, -0.2) is 4.79 Å². The van der Waals surface area contributed by atoms with E-state index in [1.54, 1.807) is 0 Å². The normalized spacial score (nSPS) is 13.5. The quantitative estimate of drug-likeness (QED) is 0.730. The lowest BCUT2D eigenvalue weighted by Gasteiger charge is -2.22. The van der Waals surface area contributed by atoms with E-state index in [1.807, 2.05) is 27.7 Å². The third kappa shape index (κ3) is 6.71. The summed E-state index contributed by atoms with van der Waals surface area (Å²) in [6.45, 7) is 7.49. The van der Waals surface area contributed by atoms with Gasteiger partial charge in [0.25, 0.3) is 0 Å². The molecular formula is C10H21NO3. The zero-order valence-corrected chi connectivity index (χ0v) is 9.46. The van der Waals surface area contributed by atoms with Crippen LogP contribution in [-0.2, 0) is 4.74 Å². The molecule has 0 aliphatic heterocycles. The van der Waals surface area contributed by atoms with Crippen molar-refractivity contribution in [3.8, 4) is 0 Å². The van der Waals surface area contributed by atoms with E-state index >= 15 is 0 Å². The number of amides is 1. The van der Waals surface area contributed by atoms with Gasteiger partial charge in [-0.2, -0.15) is 0 Å². The number of alkyl carbamates (subject to hydrolysis) is 1. The number of hydrogen-bond donors (Lipinski definition) is 2. The van der Waals surface area contributed by atoms with Crippen molar-refractivity contribution >= 4 is 6.09 Å². The van der Waals surface area contributed by atoms with Gasteiger partial charge in [0, 0.05) is 12.6 Å². The van der Waals surface area contributed by atoms with Gasteiger partial charge in [0.05, 0.1) is 0 Å². The van der Waals surface area contributed by atoms with Gasteiger partial charge in [0.2, 0.25) is 0 Å². The molecule has 0 aromatic heterocycles. The molecule has 1 atom stereocenters. The summed E-state index contributed by atoms with van der Waals surface area (Å²) < 4.78 is 5.08.